The topological polar surface area (TPSA) is 106 Å². The number of fused-ring (bicyclic) bond motifs is 2. The minimum absolute atomic E-state index is 0.0157. The summed E-state index contributed by atoms with van der Waals surface area (Å²) in [7, 11) is 0. The molecule has 2 aliphatic rings. The highest BCUT2D eigenvalue weighted by Crippen LogP contribution is 2.32. The first kappa shape index (κ1) is 23.8. The summed E-state index contributed by atoms with van der Waals surface area (Å²) in [6.07, 6.45) is 8.88. The van der Waals surface area contributed by atoms with Gasteiger partial charge in [0.05, 0.1) is 11.7 Å². The van der Waals surface area contributed by atoms with E-state index in [9.17, 15) is 4.79 Å². The van der Waals surface area contributed by atoms with Gasteiger partial charge in [-0.05, 0) is 61.2 Å². The lowest BCUT2D eigenvalue weighted by Crippen LogP contribution is -2.52. The number of pyridine rings is 1. The Kier molecular flexibility index (Phi) is 6.48. The van der Waals surface area contributed by atoms with Gasteiger partial charge < -0.3 is 15.2 Å². The molecule has 5 heterocycles. The Bertz CT molecular complexity index is 1420. The number of carbonyl (C=O) groups excluding carboxylic acids is 1. The predicted molar refractivity (Wildman–Crippen MR) is 144 cm³/mol. The number of H-pyrrole nitrogens is 2. The molecule has 37 heavy (non-hydrogen) atoms. The predicted octanol–water partition coefficient (Wildman–Crippen LogP) is 3.61. The average molecular weight is 499 g/mol. The lowest BCUT2D eigenvalue weighted by molar-refractivity contribution is 0.0566. The van der Waals surface area contributed by atoms with Gasteiger partial charge in [-0.25, -0.2) is 4.98 Å². The van der Waals surface area contributed by atoms with Crippen molar-refractivity contribution in [3.05, 3.63) is 53.6 Å². The van der Waals surface area contributed by atoms with Crippen molar-refractivity contribution in [1.29, 1.82) is 0 Å². The highest BCUT2D eigenvalue weighted by Gasteiger charge is 2.33. The number of carbonyl (C=O) groups is 1. The number of aromatic nitrogens is 5. The number of amides is 1. The molecule has 4 aromatic rings. The Balaban J connectivity index is 1.29. The minimum atomic E-state index is 0.0157. The Morgan fingerprint density at radius 3 is 2.95 bits per heavy atom. The number of benzene rings is 1. The van der Waals surface area contributed by atoms with E-state index in [1.807, 2.05) is 23.4 Å². The van der Waals surface area contributed by atoms with Gasteiger partial charge in [0, 0.05) is 55.6 Å². The van der Waals surface area contributed by atoms with Crippen LogP contribution in [0.5, 0.6) is 0 Å². The zero-order valence-corrected chi connectivity index (χ0v) is 21.5. The second-order valence-corrected chi connectivity index (χ2v) is 10.0. The molecule has 1 amide bonds. The first-order chi connectivity index (χ1) is 18.2. The van der Waals surface area contributed by atoms with Crippen LogP contribution in [-0.4, -0.2) is 79.6 Å². The fourth-order valence-corrected chi connectivity index (χ4v) is 5.87. The summed E-state index contributed by atoms with van der Waals surface area (Å²) in [6, 6.07) is 6.79. The molecule has 2 aliphatic heterocycles. The molecule has 1 atom stereocenters. The number of aromatic amines is 2. The SMILES string of the molecule is CCNCc1cncc(-c2ccc3[nH]nc(-c4ncc(C(=O)N5CCN6CCCC6C5)[nH]4)c3c2)c1CC. The van der Waals surface area contributed by atoms with E-state index in [1.165, 1.54) is 24.0 Å². The van der Waals surface area contributed by atoms with Crippen LogP contribution in [0.3, 0.4) is 0 Å². The largest absolute Gasteiger partial charge is 0.334 e. The summed E-state index contributed by atoms with van der Waals surface area (Å²) in [5, 5.41) is 12.1. The molecule has 0 saturated carbocycles. The lowest BCUT2D eigenvalue weighted by atomic mass is 9.95. The number of piperazine rings is 1. The van der Waals surface area contributed by atoms with Gasteiger partial charge in [-0.1, -0.05) is 19.9 Å². The zero-order chi connectivity index (χ0) is 25.4. The molecule has 3 N–H and O–H groups in total. The van der Waals surface area contributed by atoms with Crippen LogP contribution in [0.1, 0.15) is 48.3 Å². The number of imidazole rings is 1. The van der Waals surface area contributed by atoms with Gasteiger partial charge in [-0.15, -0.1) is 0 Å². The van der Waals surface area contributed by atoms with Gasteiger partial charge in [0.15, 0.2) is 5.82 Å². The summed E-state index contributed by atoms with van der Waals surface area (Å²) < 4.78 is 0. The van der Waals surface area contributed by atoms with Crippen molar-refractivity contribution in [2.75, 3.05) is 32.7 Å². The van der Waals surface area contributed by atoms with E-state index < -0.39 is 0 Å². The standard InChI is InChI=1S/C28H34N8O/c1-3-21-19(13-29-4-2)14-30-15-23(21)18-7-8-24-22(12-18)26(34-33-24)27-31-16-25(32-27)28(37)36-11-10-35-9-5-6-20(35)17-36/h7-8,12,14-16,20,29H,3-6,9-11,13,17H2,1-2H3,(H,31,32)(H,33,34). The molecule has 0 radical (unpaired) electrons. The maximum atomic E-state index is 13.2. The fourth-order valence-electron chi connectivity index (χ4n) is 5.87. The van der Waals surface area contributed by atoms with E-state index in [4.69, 9.17) is 0 Å². The van der Waals surface area contributed by atoms with E-state index in [2.05, 4.69) is 61.3 Å². The molecule has 2 fully saturated rings. The van der Waals surface area contributed by atoms with Gasteiger partial charge in [0.25, 0.3) is 5.91 Å². The molecule has 0 aliphatic carbocycles. The maximum Gasteiger partial charge on any atom is 0.272 e. The molecule has 9 nitrogen and oxygen atoms in total. The Hall–Kier alpha value is -3.56. The number of rotatable bonds is 7. The van der Waals surface area contributed by atoms with Crippen LogP contribution in [0, 0.1) is 0 Å². The van der Waals surface area contributed by atoms with E-state index in [0.29, 0.717) is 23.3 Å². The van der Waals surface area contributed by atoms with Crippen LogP contribution in [0.15, 0.2) is 36.8 Å². The monoisotopic (exact) mass is 498 g/mol. The third kappa shape index (κ3) is 4.42. The van der Waals surface area contributed by atoms with Crippen LogP contribution >= 0.6 is 0 Å². The first-order valence-electron chi connectivity index (χ1n) is 13.4. The minimum Gasteiger partial charge on any atom is -0.334 e. The second-order valence-electron chi connectivity index (χ2n) is 10.0. The second kappa shape index (κ2) is 10.1. The molecule has 192 valence electrons. The number of hydrogen-bond donors (Lipinski definition) is 3. The van der Waals surface area contributed by atoms with Crippen LogP contribution in [-0.2, 0) is 13.0 Å². The van der Waals surface area contributed by atoms with Crippen molar-refractivity contribution in [2.45, 2.75) is 45.7 Å². The molecule has 3 aromatic heterocycles. The molecule has 0 bridgehead atoms. The zero-order valence-electron chi connectivity index (χ0n) is 21.5. The molecular weight excluding hydrogens is 464 g/mol. The molecule has 9 heteroatoms. The van der Waals surface area contributed by atoms with Gasteiger partial charge in [0.2, 0.25) is 0 Å². The summed E-state index contributed by atoms with van der Waals surface area (Å²) >= 11 is 0. The van der Waals surface area contributed by atoms with Crippen molar-refractivity contribution in [1.82, 2.24) is 40.3 Å². The summed E-state index contributed by atoms with van der Waals surface area (Å²) in [4.78, 5) is 30.1. The summed E-state index contributed by atoms with van der Waals surface area (Å²) in [6.45, 7) is 9.69. The van der Waals surface area contributed by atoms with E-state index in [1.54, 1.807) is 6.20 Å². The van der Waals surface area contributed by atoms with Gasteiger partial charge >= 0.3 is 0 Å². The van der Waals surface area contributed by atoms with Crippen LogP contribution in [0.4, 0.5) is 0 Å². The van der Waals surface area contributed by atoms with E-state index in [0.717, 1.165) is 67.7 Å². The highest BCUT2D eigenvalue weighted by atomic mass is 16.2. The van der Waals surface area contributed by atoms with Gasteiger partial charge in [-0.2, -0.15) is 5.10 Å². The molecule has 0 spiro atoms. The number of hydrogen-bond acceptors (Lipinski definition) is 6. The highest BCUT2D eigenvalue weighted by molar-refractivity contribution is 5.96. The van der Waals surface area contributed by atoms with Gasteiger partial charge in [-0.3, -0.25) is 19.8 Å². The van der Waals surface area contributed by atoms with Crippen LogP contribution in [0.2, 0.25) is 0 Å². The molecule has 6 rings (SSSR count). The maximum absolute atomic E-state index is 13.2. The van der Waals surface area contributed by atoms with Crippen LogP contribution < -0.4 is 5.32 Å². The smallest absolute Gasteiger partial charge is 0.272 e. The molecule has 2 saturated heterocycles. The molecular formula is C28H34N8O. The number of nitrogens with zero attached hydrogens (tertiary/aromatic N) is 5. The summed E-state index contributed by atoms with van der Waals surface area (Å²) in [5.41, 5.74) is 6.91. The van der Waals surface area contributed by atoms with Crippen LogP contribution in [0.25, 0.3) is 33.5 Å². The quantitative estimate of drug-likeness (QED) is 0.360. The third-order valence-corrected chi connectivity index (χ3v) is 7.84. The van der Waals surface area contributed by atoms with Gasteiger partial charge in [0.1, 0.15) is 11.4 Å². The Morgan fingerprint density at radius 2 is 2.08 bits per heavy atom. The van der Waals surface area contributed by atoms with Crippen molar-refractivity contribution >= 4 is 16.8 Å². The molecule has 1 unspecified atom stereocenters. The Morgan fingerprint density at radius 1 is 1.16 bits per heavy atom. The van der Waals surface area contributed by atoms with Crippen molar-refractivity contribution in [2.24, 2.45) is 0 Å². The fraction of sp³-hybridized carbons (Fsp3) is 0.429. The molecule has 1 aromatic carbocycles. The van der Waals surface area contributed by atoms with Crippen molar-refractivity contribution < 1.29 is 4.79 Å². The van der Waals surface area contributed by atoms with E-state index >= 15 is 0 Å². The third-order valence-electron chi connectivity index (χ3n) is 7.84. The van der Waals surface area contributed by atoms with Crippen molar-refractivity contribution in [3.8, 4) is 22.6 Å². The van der Waals surface area contributed by atoms with Crippen molar-refractivity contribution in [3.63, 3.8) is 0 Å². The van der Waals surface area contributed by atoms with E-state index in [-0.39, 0.29) is 5.91 Å². The Labute approximate surface area is 216 Å². The first-order valence-corrected chi connectivity index (χ1v) is 13.4. The summed E-state index contributed by atoms with van der Waals surface area (Å²) in [5.74, 6) is 0.614. The normalized spacial score (nSPS) is 18.0. The average Bonchev–Trinajstić information content (AvgIpc) is 3.69. The lowest BCUT2D eigenvalue weighted by Gasteiger charge is -2.37. The number of nitrogens with one attached hydrogen (secondary N) is 3.